The Balaban J connectivity index is 1.60. The zero-order chi connectivity index (χ0) is 19.0. The Morgan fingerprint density at radius 3 is 2.59 bits per heavy atom. The van der Waals surface area contributed by atoms with Crippen LogP contribution in [-0.2, 0) is 0 Å². The van der Waals surface area contributed by atoms with Gasteiger partial charge in [0.05, 0.1) is 11.2 Å². The highest BCUT2D eigenvalue weighted by Gasteiger charge is 2.15. The first-order chi connectivity index (χ1) is 13.0. The summed E-state index contributed by atoms with van der Waals surface area (Å²) in [6, 6.07) is 12.1. The van der Waals surface area contributed by atoms with E-state index in [2.05, 4.69) is 15.3 Å². The number of nitrogens with one attached hydrogen (secondary N) is 2. The number of hydrogen-bond acceptors (Lipinski definition) is 4. The van der Waals surface area contributed by atoms with Crippen LogP contribution in [0.4, 0.5) is 5.13 Å². The molecule has 1 amide bonds. The van der Waals surface area contributed by atoms with E-state index in [9.17, 15) is 9.59 Å². The van der Waals surface area contributed by atoms with Gasteiger partial charge >= 0.3 is 0 Å². The number of carbonyl (C=O) groups is 1. The molecule has 134 valence electrons. The third-order valence-corrected chi connectivity index (χ3v) is 5.20. The average molecular weight is 416 g/mol. The number of amides is 1. The zero-order valence-electron chi connectivity index (χ0n) is 13.6. The van der Waals surface area contributed by atoms with Crippen molar-refractivity contribution in [2.45, 2.75) is 0 Å². The van der Waals surface area contributed by atoms with Gasteiger partial charge in [-0.3, -0.25) is 14.9 Å². The lowest BCUT2D eigenvalue weighted by Gasteiger charge is -2.04. The maximum atomic E-state index is 12.6. The number of H-pyrrole nitrogens is 1. The van der Waals surface area contributed by atoms with Crippen molar-refractivity contribution >= 4 is 56.5 Å². The van der Waals surface area contributed by atoms with Gasteiger partial charge in [-0.15, -0.1) is 11.3 Å². The molecule has 2 aromatic heterocycles. The molecule has 0 bridgehead atoms. The second-order valence-corrected chi connectivity index (χ2v) is 7.45. The molecular weight excluding hydrogens is 405 g/mol. The van der Waals surface area contributed by atoms with Crippen LogP contribution in [0.2, 0.25) is 10.0 Å². The summed E-state index contributed by atoms with van der Waals surface area (Å²) < 4.78 is 0. The van der Waals surface area contributed by atoms with Crippen molar-refractivity contribution in [2.24, 2.45) is 0 Å². The molecule has 0 aliphatic rings. The maximum absolute atomic E-state index is 12.6. The van der Waals surface area contributed by atoms with Crippen LogP contribution >= 0.6 is 34.5 Å². The zero-order valence-corrected chi connectivity index (χ0v) is 16.0. The van der Waals surface area contributed by atoms with E-state index in [1.807, 2.05) is 17.5 Å². The van der Waals surface area contributed by atoms with E-state index in [0.717, 1.165) is 5.56 Å². The Bertz CT molecular complexity index is 1220. The molecule has 8 heteroatoms. The number of rotatable bonds is 3. The molecule has 4 rings (SSSR count). The SMILES string of the molecule is O=C(Nc1nc(-c2ccc(Cl)cc2)cs1)c1c[nH]c2cc(Cl)ccc2c1=O. The molecule has 0 saturated carbocycles. The lowest BCUT2D eigenvalue weighted by atomic mass is 10.1. The van der Waals surface area contributed by atoms with Crippen LogP contribution in [0.25, 0.3) is 22.2 Å². The summed E-state index contributed by atoms with van der Waals surface area (Å²) in [5.74, 6) is -0.523. The summed E-state index contributed by atoms with van der Waals surface area (Å²) >= 11 is 13.1. The number of fused-ring (bicyclic) bond motifs is 1. The van der Waals surface area contributed by atoms with Crippen molar-refractivity contribution in [1.82, 2.24) is 9.97 Å². The Morgan fingerprint density at radius 2 is 1.81 bits per heavy atom. The first kappa shape index (κ1) is 17.7. The molecule has 27 heavy (non-hydrogen) atoms. The van der Waals surface area contributed by atoms with E-state index in [-0.39, 0.29) is 11.0 Å². The van der Waals surface area contributed by atoms with E-state index < -0.39 is 5.91 Å². The largest absolute Gasteiger partial charge is 0.360 e. The van der Waals surface area contributed by atoms with Crippen molar-refractivity contribution < 1.29 is 4.79 Å². The molecule has 0 unspecified atom stereocenters. The van der Waals surface area contributed by atoms with Gasteiger partial charge in [-0.05, 0) is 30.3 Å². The first-order valence-corrected chi connectivity index (χ1v) is 9.48. The molecule has 4 aromatic rings. The van der Waals surface area contributed by atoms with E-state index >= 15 is 0 Å². The standard InChI is InChI=1S/C19H11Cl2N3O2S/c20-11-3-1-10(2-4-11)16-9-27-19(23-16)24-18(26)14-8-22-15-7-12(21)5-6-13(15)17(14)25/h1-9H,(H,22,25)(H,23,24,26). The van der Waals surface area contributed by atoms with E-state index in [4.69, 9.17) is 23.2 Å². The molecule has 2 aromatic carbocycles. The van der Waals surface area contributed by atoms with E-state index in [0.29, 0.717) is 31.8 Å². The highest BCUT2D eigenvalue weighted by Crippen LogP contribution is 2.26. The van der Waals surface area contributed by atoms with Crippen molar-refractivity contribution in [3.8, 4) is 11.3 Å². The number of aromatic nitrogens is 2. The van der Waals surface area contributed by atoms with Crippen LogP contribution in [-0.4, -0.2) is 15.9 Å². The summed E-state index contributed by atoms with van der Waals surface area (Å²) in [6.07, 6.45) is 1.38. The first-order valence-electron chi connectivity index (χ1n) is 7.85. The smallest absolute Gasteiger partial charge is 0.262 e. The van der Waals surface area contributed by atoms with E-state index in [1.165, 1.54) is 17.5 Å². The van der Waals surface area contributed by atoms with E-state index in [1.54, 1.807) is 30.3 Å². The van der Waals surface area contributed by atoms with Crippen LogP contribution in [0.1, 0.15) is 10.4 Å². The van der Waals surface area contributed by atoms with Crippen molar-refractivity contribution in [1.29, 1.82) is 0 Å². The minimum absolute atomic E-state index is 0.00747. The summed E-state index contributed by atoms with van der Waals surface area (Å²) in [4.78, 5) is 32.4. The minimum atomic E-state index is -0.523. The Kier molecular flexibility index (Phi) is 4.70. The predicted molar refractivity (Wildman–Crippen MR) is 110 cm³/mol. The number of pyridine rings is 1. The molecule has 0 spiro atoms. The highest BCUT2D eigenvalue weighted by molar-refractivity contribution is 7.14. The fourth-order valence-corrected chi connectivity index (χ4v) is 3.62. The van der Waals surface area contributed by atoms with Crippen molar-refractivity contribution in [3.05, 3.63) is 79.9 Å². The lowest BCUT2D eigenvalue weighted by Crippen LogP contribution is -2.21. The fourth-order valence-electron chi connectivity index (χ4n) is 2.61. The summed E-state index contributed by atoms with van der Waals surface area (Å²) in [5.41, 5.74) is 1.81. The maximum Gasteiger partial charge on any atom is 0.262 e. The van der Waals surface area contributed by atoms with Gasteiger partial charge in [-0.1, -0.05) is 35.3 Å². The number of carbonyl (C=O) groups excluding carboxylic acids is 1. The number of thiazole rings is 1. The molecule has 2 heterocycles. The van der Waals surface area contributed by atoms with Crippen LogP contribution in [0, 0.1) is 0 Å². The minimum Gasteiger partial charge on any atom is -0.360 e. The van der Waals surface area contributed by atoms with Crippen LogP contribution in [0.5, 0.6) is 0 Å². The van der Waals surface area contributed by atoms with Gasteiger partial charge in [0.25, 0.3) is 5.91 Å². The average Bonchev–Trinajstić information content (AvgIpc) is 3.10. The van der Waals surface area contributed by atoms with Crippen molar-refractivity contribution in [3.63, 3.8) is 0 Å². The monoisotopic (exact) mass is 415 g/mol. The number of aromatic amines is 1. The summed E-state index contributed by atoms with van der Waals surface area (Å²) in [7, 11) is 0. The second kappa shape index (κ2) is 7.15. The molecule has 2 N–H and O–H groups in total. The molecule has 0 fully saturated rings. The topological polar surface area (TPSA) is 74.8 Å². The Hall–Kier alpha value is -2.67. The number of nitrogens with zero attached hydrogens (tertiary/aromatic N) is 1. The molecular formula is C19H11Cl2N3O2S. The summed E-state index contributed by atoms with van der Waals surface area (Å²) in [5, 5.41) is 6.44. The normalized spacial score (nSPS) is 10.9. The number of hydrogen-bond donors (Lipinski definition) is 2. The van der Waals surface area contributed by atoms with Crippen LogP contribution in [0.15, 0.2) is 58.8 Å². The van der Waals surface area contributed by atoms with Gasteiger partial charge in [-0.25, -0.2) is 4.98 Å². The molecule has 5 nitrogen and oxygen atoms in total. The number of halogens is 2. The van der Waals surface area contributed by atoms with Gasteiger partial charge in [0.15, 0.2) is 5.13 Å². The Labute approximate surface area is 167 Å². The van der Waals surface area contributed by atoms with Gasteiger partial charge in [-0.2, -0.15) is 0 Å². The van der Waals surface area contributed by atoms with Gasteiger partial charge < -0.3 is 4.98 Å². The molecule has 0 aliphatic carbocycles. The predicted octanol–water partition coefficient (Wildman–Crippen LogP) is 5.21. The molecule has 0 atom stereocenters. The fraction of sp³-hybridized carbons (Fsp3) is 0. The molecule has 0 aliphatic heterocycles. The lowest BCUT2D eigenvalue weighted by molar-refractivity contribution is 0.102. The quantitative estimate of drug-likeness (QED) is 0.482. The summed E-state index contributed by atoms with van der Waals surface area (Å²) in [6.45, 7) is 0. The second-order valence-electron chi connectivity index (χ2n) is 5.72. The third-order valence-electron chi connectivity index (χ3n) is 3.95. The van der Waals surface area contributed by atoms with Gasteiger partial charge in [0.2, 0.25) is 5.43 Å². The van der Waals surface area contributed by atoms with Crippen molar-refractivity contribution in [2.75, 3.05) is 5.32 Å². The van der Waals surface area contributed by atoms with Gasteiger partial charge in [0, 0.05) is 32.6 Å². The number of anilines is 1. The van der Waals surface area contributed by atoms with Gasteiger partial charge in [0.1, 0.15) is 5.56 Å². The Morgan fingerprint density at radius 1 is 1.07 bits per heavy atom. The third kappa shape index (κ3) is 3.60. The molecule has 0 radical (unpaired) electrons. The van der Waals surface area contributed by atoms with Crippen LogP contribution < -0.4 is 10.7 Å². The highest BCUT2D eigenvalue weighted by atomic mass is 35.5. The molecule has 0 saturated heterocycles. The van der Waals surface area contributed by atoms with Crippen LogP contribution in [0.3, 0.4) is 0 Å². The number of benzene rings is 2.